The van der Waals surface area contributed by atoms with Crippen LogP contribution in [0.4, 0.5) is 4.39 Å². The van der Waals surface area contributed by atoms with Crippen LogP contribution in [0.3, 0.4) is 0 Å². The molecule has 2 N–H and O–H groups in total. The monoisotopic (exact) mass is 257 g/mol. The van der Waals surface area contributed by atoms with Gasteiger partial charge in [-0.1, -0.05) is 6.92 Å². The first-order valence-corrected chi connectivity index (χ1v) is 7.22. The van der Waals surface area contributed by atoms with Gasteiger partial charge >= 0.3 is 0 Å². The first-order chi connectivity index (χ1) is 7.93. The lowest BCUT2D eigenvalue weighted by Gasteiger charge is -2.18. The SMILES string of the molecule is CC1C(N)CCC1S(=O)(=O)c1ccc(F)cc1. The van der Waals surface area contributed by atoms with Crippen molar-refractivity contribution in [3.05, 3.63) is 30.1 Å². The zero-order valence-electron chi connectivity index (χ0n) is 9.64. The van der Waals surface area contributed by atoms with Crippen LogP contribution in [0.25, 0.3) is 0 Å². The highest BCUT2D eigenvalue weighted by molar-refractivity contribution is 7.92. The lowest BCUT2D eigenvalue weighted by atomic mass is 10.1. The molecular formula is C12H16FNO2S. The number of sulfone groups is 1. The zero-order chi connectivity index (χ0) is 12.6. The minimum atomic E-state index is -3.38. The van der Waals surface area contributed by atoms with Gasteiger partial charge in [0.1, 0.15) is 5.82 Å². The lowest BCUT2D eigenvalue weighted by Crippen LogP contribution is -2.32. The van der Waals surface area contributed by atoms with E-state index in [-0.39, 0.29) is 16.9 Å². The second-order valence-electron chi connectivity index (χ2n) is 4.64. The van der Waals surface area contributed by atoms with E-state index in [2.05, 4.69) is 0 Å². The summed E-state index contributed by atoms with van der Waals surface area (Å²) in [7, 11) is -3.38. The van der Waals surface area contributed by atoms with Crippen LogP contribution in [-0.2, 0) is 9.84 Å². The molecule has 0 heterocycles. The van der Waals surface area contributed by atoms with E-state index in [0.29, 0.717) is 6.42 Å². The minimum absolute atomic E-state index is 0.0509. The van der Waals surface area contributed by atoms with Crippen molar-refractivity contribution < 1.29 is 12.8 Å². The summed E-state index contributed by atoms with van der Waals surface area (Å²) in [5.74, 6) is -0.481. The van der Waals surface area contributed by atoms with Crippen molar-refractivity contribution in [3.63, 3.8) is 0 Å². The maximum atomic E-state index is 12.8. The number of rotatable bonds is 2. The van der Waals surface area contributed by atoms with Gasteiger partial charge in [-0.2, -0.15) is 0 Å². The fourth-order valence-corrected chi connectivity index (χ4v) is 4.47. The van der Waals surface area contributed by atoms with Gasteiger partial charge in [0.25, 0.3) is 0 Å². The Morgan fingerprint density at radius 3 is 2.29 bits per heavy atom. The van der Waals surface area contributed by atoms with Crippen LogP contribution in [0.1, 0.15) is 19.8 Å². The number of halogens is 1. The molecule has 1 aliphatic rings. The predicted octanol–water partition coefficient (Wildman–Crippen LogP) is 1.73. The van der Waals surface area contributed by atoms with Crippen LogP contribution in [0.2, 0.25) is 0 Å². The molecule has 0 saturated heterocycles. The quantitative estimate of drug-likeness (QED) is 0.821. The van der Waals surface area contributed by atoms with Gasteiger partial charge in [0.2, 0.25) is 0 Å². The Morgan fingerprint density at radius 2 is 1.82 bits per heavy atom. The predicted molar refractivity (Wildman–Crippen MR) is 63.7 cm³/mol. The normalized spacial score (nSPS) is 29.5. The van der Waals surface area contributed by atoms with Gasteiger partial charge < -0.3 is 5.73 Å². The van der Waals surface area contributed by atoms with E-state index in [1.807, 2.05) is 6.92 Å². The molecule has 0 aromatic heterocycles. The molecule has 0 amide bonds. The molecule has 1 fully saturated rings. The van der Waals surface area contributed by atoms with Gasteiger partial charge in [0.15, 0.2) is 9.84 Å². The summed E-state index contributed by atoms with van der Waals surface area (Å²) in [5, 5.41) is -0.442. The molecule has 5 heteroatoms. The molecule has 0 spiro atoms. The molecule has 1 aromatic rings. The van der Waals surface area contributed by atoms with Crippen LogP contribution in [0.15, 0.2) is 29.2 Å². The Labute approximate surface area is 101 Å². The topological polar surface area (TPSA) is 60.2 Å². The molecule has 0 radical (unpaired) electrons. The van der Waals surface area contributed by atoms with Crippen LogP contribution in [0.5, 0.6) is 0 Å². The van der Waals surface area contributed by atoms with E-state index in [1.54, 1.807) is 0 Å². The van der Waals surface area contributed by atoms with Gasteiger partial charge in [-0.25, -0.2) is 12.8 Å². The molecule has 0 aliphatic heterocycles. The largest absolute Gasteiger partial charge is 0.327 e. The van der Waals surface area contributed by atoms with Crippen LogP contribution in [-0.4, -0.2) is 19.7 Å². The first-order valence-electron chi connectivity index (χ1n) is 5.68. The van der Waals surface area contributed by atoms with Gasteiger partial charge in [0, 0.05) is 6.04 Å². The third-order valence-electron chi connectivity index (χ3n) is 3.59. The summed E-state index contributed by atoms with van der Waals surface area (Å²) >= 11 is 0. The van der Waals surface area contributed by atoms with Gasteiger partial charge in [-0.15, -0.1) is 0 Å². The highest BCUT2D eigenvalue weighted by atomic mass is 32.2. The number of hydrogen-bond acceptors (Lipinski definition) is 3. The lowest BCUT2D eigenvalue weighted by molar-refractivity contribution is 0.507. The molecule has 17 heavy (non-hydrogen) atoms. The Kier molecular flexibility index (Phi) is 3.23. The third-order valence-corrected chi connectivity index (χ3v) is 5.98. The molecule has 3 nitrogen and oxygen atoms in total. The first kappa shape index (κ1) is 12.5. The summed E-state index contributed by atoms with van der Waals surface area (Å²) in [6.07, 6.45) is 1.31. The fourth-order valence-electron chi connectivity index (χ4n) is 2.40. The second-order valence-corrected chi connectivity index (χ2v) is 6.80. The number of nitrogens with two attached hydrogens (primary N) is 1. The Bertz CT molecular complexity index is 498. The molecule has 1 aliphatic carbocycles. The maximum Gasteiger partial charge on any atom is 0.181 e. The van der Waals surface area contributed by atoms with E-state index in [0.717, 1.165) is 6.42 Å². The average Bonchev–Trinajstić information content (AvgIpc) is 2.61. The Morgan fingerprint density at radius 1 is 1.24 bits per heavy atom. The molecule has 1 saturated carbocycles. The van der Waals surface area contributed by atoms with Crippen molar-refractivity contribution in [1.29, 1.82) is 0 Å². The molecule has 3 atom stereocenters. The zero-order valence-corrected chi connectivity index (χ0v) is 10.5. The second kappa shape index (κ2) is 4.38. The smallest absolute Gasteiger partial charge is 0.181 e. The summed E-state index contributed by atoms with van der Waals surface area (Å²) in [5.41, 5.74) is 5.84. The maximum absolute atomic E-state index is 12.8. The number of hydrogen-bond donors (Lipinski definition) is 1. The Hall–Kier alpha value is -0.940. The van der Waals surface area contributed by atoms with E-state index >= 15 is 0 Å². The van der Waals surface area contributed by atoms with Crippen LogP contribution in [0, 0.1) is 11.7 Å². The summed E-state index contributed by atoms with van der Waals surface area (Å²) in [4.78, 5) is 0.185. The third kappa shape index (κ3) is 2.21. The minimum Gasteiger partial charge on any atom is -0.327 e. The average molecular weight is 257 g/mol. The summed E-state index contributed by atoms with van der Waals surface area (Å²) in [6.45, 7) is 1.86. The molecular weight excluding hydrogens is 241 g/mol. The summed E-state index contributed by atoms with van der Waals surface area (Å²) < 4.78 is 37.4. The molecule has 1 aromatic carbocycles. The van der Waals surface area contributed by atoms with E-state index < -0.39 is 20.9 Å². The van der Waals surface area contributed by atoms with Crippen LogP contribution < -0.4 is 5.73 Å². The standard InChI is InChI=1S/C12H16FNO2S/c1-8-11(14)6-7-12(8)17(15,16)10-4-2-9(13)3-5-10/h2-5,8,11-12H,6-7,14H2,1H3. The molecule has 3 unspecified atom stereocenters. The molecule has 0 bridgehead atoms. The van der Waals surface area contributed by atoms with Gasteiger partial charge in [0.05, 0.1) is 10.1 Å². The highest BCUT2D eigenvalue weighted by Gasteiger charge is 2.39. The van der Waals surface area contributed by atoms with E-state index in [4.69, 9.17) is 5.73 Å². The fraction of sp³-hybridized carbons (Fsp3) is 0.500. The van der Waals surface area contributed by atoms with Crippen molar-refractivity contribution in [1.82, 2.24) is 0 Å². The van der Waals surface area contributed by atoms with Crippen molar-refractivity contribution >= 4 is 9.84 Å². The molecule has 2 rings (SSSR count). The summed E-state index contributed by atoms with van der Waals surface area (Å²) in [6, 6.07) is 4.93. The molecule has 94 valence electrons. The van der Waals surface area contributed by atoms with Gasteiger partial charge in [-0.05, 0) is 43.0 Å². The highest BCUT2D eigenvalue weighted by Crippen LogP contribution is 2.33. The van der Waals surface area contributed by atoms with E-state index in [9.17, 15) is 12.8 Å². The van der Waals surface area contributed by atoms with E-state index in [1.165, 1.54) is 24.3 Å². The number of benzene rings is 1. The van der Waals surface area contributed by atoms with Crippen molar-refractivity contribution in [2.45, 2.75) is 36.0 Å². The van der Waals surface area contributed by atoms with Crippen molar-refractivity contribution in [2.75, 3.05) is 0 Å². The van der Waals surface area contributed by atoms with Gasteiger partial charge in [-0.3, -0.25) is 0 Å². The Balaban J connectivity index is 2.34. The van der Waals surface area contributed by atoms with Crippen LogP contribution >= 0.6 is 0 Å². The van der Waals surface area contributed by atoms with Crippen molar-refractivity contribution in [2.24, 2.45) is 11.7 Å². The van der Waals surface area contributed by atoms with Crippen molar-refractivity contribution in [3.8, 4) is 0 Å².